The van der Waals surface area contributed by atoms with Crippen molar-refractivity contribution in [3.63, 3.8) is 0 Å². The highest BCUT2D eigenvalue weighted by Crippen LogP contribution is 2.33. The highest BCUT2D eigenvalue weighted by molar-refractivity contribution is 7.34. The summed E-state index contributed by atoms with van der Waals surface area (Å²) in [6.07, 6.45) is 0. The predicted octanol–water partition coefficient (Wildman–Crippen LogP) is 3.32. The molecule has 0 unspecified atom stereocenters. The van der Waals surface area contributed by atoms with Gasteiger partial charge in [0.2, 0.25) is 0 Å². The fourth-order valence-corrected chi connectivity index (χ4v) is 4.09. The van der Waals surface area contributed by atoms with Gasteiger partial charge in [-0.15, -0.1) is 22.2 Å². The van der Waals surface area contributed by atoms with E-state index in [1.54, 1.807) is 0 Å². The number of alkyl halides is 3. The Morgan fingerprint density at radius 3 is 1.50 bits per heavy atom. The molecule has 0 bridgehead atoms. The van der Waals surface area contributed by atoms with Crippen molar-refractivity contribution in [2.24, 2.45) is 0 Å². The van der Waals surface area contributed by atoms with Crippen LogP contribution >= 0.6 is 57.0 Å². The minimum atomic E-state index is -1.44. The van der Waals surface area contributed by atoms with E-state index in [2.05, 4.69) is 0 Å². The molecule has 0 fully saturated rings. The van der Waals surface area contributed by atoms with Gasteiger partial charge in [0.25, 0.3) is 7.42 Å². The lowest BCUT2D eigenvalue weighted by atomic mass is 10.9. The average Bonchev–Trinajstić information content (AvgIpc) is 1.21. The van der Waals surface area contributed by atoms with Crippen LogP contribution in [-0.4, -0.2) is 11.2 Å². The molecule has 0 amide bonds. The lowest BCUT2D eigenvalue weighted by Crippen LogP contribution is -2.08. The fraction of sp³-hybridized carbons (Fsp3) is 1.00. The maximum absolute atomic E-state index is 5.38. The van der Waals surface area contributed by atoms with E-state index >= 15 is 0 Å². The molecule has 0 aliphatic heterocycles. The smallest absolute Gasteiger partial charge is 0.146 e. The average molecular weight is 231 g/mol. The van der Waals surface area contributed by atoms with Crippen LogP contribution in [0.1, 0.15) is 0 Å². The molecule has 0 aromatic carbocycles. The number of halogens is 5. The third kappa shape index (κ3) is 7.67. The fourth-order valence-electron chi connectivity index (χ4n) is 0.152. The van der Waals surface area contributed by atoms with Crippen molar-refractivity contribution in [3.05, 3.63) is 0 Å². The van der Waals surface area contributed by atoms with E-state index in [4.69, 9.17) is 57.0 Å². The maximum atomic E-state index is 5.38. The monoisotopic (exact) mass is 229 g/mol. The zero-order chi connectivity index (χ0) is 6.78. The summed E-state index contributed by atoms with van der Waals surface area (Å²) in [5.74, 6) is 0. The van der Waals surface area contributed by atoms with E-state index in [0.29, 0.717) is 0 Å². The summed E-state index contributed by atoms with van der Waals surface area (Å²) in [5.41, 5.74) is 0. The summed E-state index contributed by atoms with van der Waals surface area (Å²) in [4.78, 5) is 0. The molecule has 8 heavy (non-hydrogen) atoms. The molecule has 0 aromatic rings. The quantitative estimate of drug-likeness (QED) is 0.369. The SMILES string of the molecule is Cl[Si](Cl)CC(Cl)(Cl)Cl. The van der Waals surface area contributed by atoms with Gasteiger partial charge < -0.3 is 0 Å². The van der Waals surface area contributed by atoms with Gasteiger partial charge in [0.05, 0.1) is 0 Å². The highest BCUT2D eigenvalue weighted by atomic mass is 35.7. The second kappa shape index (κ2) is 3.74. The molecule has 1 radical (unpaired) electrons. The molecule has 0 aliphatic carbocycles. The van der Waals surface area contributed by atoms with Crippen molar-refractivity contribution in [2.75, 3.05) is 0 Å². The third-order valence-electron chi connectivity index (χ3n) is 0.334. The van der Waals surface area contributed by atoms with Gasteiger partial charge in [0.15, 0.2) is 3.79 Å². The summed E-state index contributed by atoms with van der Waals surface area (Å²) >= 11 is 26.7. The van der Waals surface area contributed by atoms with Gasteiger partial charge in [-0.1, -0.05) is 34.8 Å². The van der Waals surface area contributed by atoms with E-state index in [1.807, 2.05) is 0 Å². The molecule has 0 aliphatic rings. The molecule has 0 aromatic heterocycles. The molecule has 6 heteroatoms. The van der Waals surface area contributed by atoms with Gasteiger partial charge in [-0.05, 0) is 0 Å². The molecule has 0 rings (SSSR count). The Hall–Kier alpha value is 1.67. The normalized spacial score (nSPS) is 12.8. The van der Waals surface area contributed by atoms with E-state index in [0.717, 1.165) is 0 Å². The summed E-state index contributed by atoms with van der Waals surface area (Å²) in [6.45, 7) is 0. The van der Waals surface area contributed by atoms with Gasteiger partial charge >= 0.3 is 0 Å². The molecule has 0 saturated heterocycles. The largest absolute Gasteiger partial charge is 0.278 e. The molecule has 0 N–H and O–H groups in total. The molecular weight excluding hydrogens is 229 g/mol. The van der Waals surface area contributed by atoms with E-state index in [1.165, 1.54) is 0 Å². The summed E-state index contributed by atoms with van der Waals surface area (Å²) < 4.78 is -1.28. The molecular formula is C2H2Cl5Si. The van der Waals surface area contributed by atoms with Crippen LogP contribution in [0.2, 0.25) is 6.04 Å². The van der Waals surface area contributed by atoms with Gasteiger partial charge in [0, 0.05) is 6.04 Å². The first-order valence-electron chi connectivity index (χ1n) is 1.65. The predicted molar refractivity (Wildman–Crippen MR) is 42.6 cm³/mol. The molecule has 0 heterocycles. The van der Waals surface area contributed by atoms with Gasteiger partial charge in [-0.25, -0.2) is 0 Å². The van der Waals surface area contributed by atoms with E-state index in [9.17, 15) is 0 Å². The highest BCUT2D eigenvalue weighted by Gasteiger charge is 2.24. The van der Waals surface area contributed by atoms with Crippen LogP contribution in [0.3, 0.4) is 0 Å². The van der Waals surface area contributed by atoms with Crippen LogP contribution < -0.4 is 0 Å². The van der Waals surface area contributed by atoms with Crippen LogP contribution in [0, 0.1) is 0 Å². The zero-order valence-corrected chi connectivity index (χ0v) is 8.38. The number of rotatable bonds is 1. The minimum absolute atomic E-state index is 0.255. The van der Waals surface area contributed by atoms with Gasteiger partial charge in [-0.3, -0.25) is 0 Å². The van der Waals surface area contributed by atoms with Crippen LogP contribution in [0.5, 0.6) is 0 Å². The molecule has 0 saturated carbocycles. The Balaban J connectivity index is 3.39. The van der Waals surface area contributed by atoms with Crippen LogP contribution in [0.25, 0.3) is 0 Å². The first kappa shape index (κ1) is 9.67. The Labute approximate surface area is 74.0 Å². The standard InChI is InChI=1S/C2H2Cl5Si/c3-2(4,5)1-8(6)7/h1H2. The summed E-state index contributed by atoms with van der Waals surface area (Å²) in [7, 11) is -1.44. The third-order valence-corrected chi connectivity index (χ3v) is 3.01. The Bertz CT molecular complexity index is 65.3. The first-order chi connectivity index (χ1) is 3.42. The van der Waals surface area contributed by atoms with E-state index in [-0.39, 0.29) is 6.04 Å². The van der Waals surface area contributed by atoms with Crippen molar-refractivity contribution in [1.29, 1.82) is 0 Å². The van der Waals surface area contributed by atoms with Gasteiger partial charge in [0.1, 0.15) is 0 Å². The second-order valence-corrected chi connectivity index (χ2v) is 8.00. The van der Waals surface area contributed by atoms with Gasteiger partial charge in [-0.2, -0.15) is 0 Å². The van der Waals surface area contributed by atoms with Crippen LogP contribution in [0.4, 0.5) is 0 Å². The number of hydrogen-bond acceptors (Lipinski definition) is 0. The van der Waals surface area contributed by atoms with Crippen molar-refractivity contribution in [2.45, 2.75) is 9.84 Å². The Morgan fingerprint density at radius 1 is 1.12 bits per heavy atom. The van der Waals surface area contributed by atoms with Crippen molar-refractivity contribution in [3.8, 4) is 0 Å². The van der Waals surface area contributed by atoms with Crippen molar-refractivity contribution in [1.82, 2.24) is 0 Å². The van der Waals surface area contributed by atoms with Crippen molar-refractivity contribution < 1.29 is 0 Å². The lowest BCUT2D eigenvalue weighted by molar-refractivity contribution is 1.25. The van der Waals surface area contributed by atoms with E-state index < -0.39 is 11.2 Å². The second-order valence-electron chi connectivity index (χ2n) is 1.13. The number of hydrogen-bond donors (Lipinski definition) is 0. The molecule has 49 valence electrons. The summed E-state index contributed by atoms with van der Waals surface area (Å²) in [5, 5.41) is 0. The molecule has 0 spiro atoms. The summed E-state index contributed by atoms with van der Waals surface area (Å²) in [6, 6.07) is 0.255. The first-order valence-corrected chi connectivity index (χ1v) is 6.52. The van der Waals surface area contributed by atoms with Crippen LogP contribution in [0.15, 0.2) is 0 Å². The minimum Gasteiger partial charge on any atom is -0.146 e. The van der Waals surface area contributed by atoms with Crippen LogP contribution in [-0.2, 0) is 0 Å². The Kier molecular flexibility index (Phi) is 4.52. The molecule has 0 atom stereocenters. The zero-order valence-electron chi connectivity index (χ0n) is 3.60. The lowest BCUT2D eigenvalue weighted by Gasteiger charge is -2.07. The topological polar surface area (TPSA) is 0 Å². The Morgan fingerprint density at radius 2 is 1.50 bits per heavy atom. The maximum Gasteiger partial charge on any atom is 0.278 e. The molecule has 0 nitrogen and oxygen atoms in total. The van der Waals surface area contributed by atoms with Crippen molar-refractivity contribution >= 4 is 64.4 Å².